The van der Waals surface area contributed by atoms with E-state index in [1.165, 1.54) is 0 Å². The fraction of sp³-hybridized carbons (Fsp3) is 0.429. The van der Waals surface area contributed by atoms with E-state index in [9.17, 15) is 27.9 Å². The summed E-state index contributed by atoms with van der Waals surface area (Å²) >= 11 is 0. The molecule has 7 heteroatoms. The van der Waals surface area contributed by atoms with Gasteiger partial charge in [-0.2, -0.15) is 13.2 Å². The second kappa shape index (κ2) is 5.75. The molecule has 0 atom stereocenters. The van der Waals surface area contributed by atoms with E-state index in [-0.39, 0.29) is 30.4 Å². The van der Waals surface area contributed by atoms with Crippen LogP contribution >= 0.6 is 0 Å². The molecule has 0 radical (unpaired) electrons. The van der Waals surface area contributed by atoms with E-state index in [1.807, 2.05) is 0 Å². The number of alkyl halides is 3. The molecule has 0 spiro atoms. The summed E-state index contributed by atoms with van der Waals surface area (Å²) in [5.74, 6) is -0.612. The van der Waals surface area contributed by atoms with Crippen LogP contribution in [0.25, 0.3) is 0 Å². The Morgan fingerprint density at radius 2 is 1.62 bits per heavy atom. The number of rotatable bonds is 2. The monoisotopic (exact) mass is 300 g/mol. The molecular weight excluding hydrogens is 287 g/mol. The minimum absolute atomic E-state index is 0.208. The SMILES string of the molecule is O=C(c1ccc(C(F)(F)F)cc1)C1CCN(C(=O)[O-])CC1. The molecule has 1 aliphatic heterocycles. The van der Waals surface area contributed by atoms with Crippen LogP contribution in [0.1, 0.15) is 28.8 Å². The molecule has 1 amide bonds. The predicted octanol–water partition coefficient (Wildman–Crippen LogP) is 1.94. The van der Waals surface area contributed by atoms with Gasteiger partial charge in [0, 0.05) is 24.6 Å². The Labute approximate surface area is 119 Å². The van der Waals surface area contributed by atoms with Gasteiger partial charge in [0.25, 0.3) is 0 Å². The molecule has 0 bridgehead atoms. The average molecular weight is 300 g/mol. The maximum absolute atomic E-state index is 12.4. The highest BCUT2D eigenvalue weighted by atomic mass is 19.4. The van der Waals surface area contributed by atoms with E-state index in [0.29, 0.717) is 12.8 Å². The van der Waals surface area contributed by atoms with Crippen LogP contribution in [0.3, 0.4) is 0 Å². The van der Waals surface area contributed by atoms with Crippen molar-refractivity contribution >= 4 is 11.9 Å². The number of hydrogen-bond donors (Lipinski definition) is 0. The van der Waals surface area contributed by atoms with Gasteiger partial charge in [0.1, 0.15) is 6.09 Å². The van der Waals surface area contributed by atoms with Gasteiger partial charge in [0.2, 0.25) is 0 Å². The van der Waals surface area contributed by atoms with Gasteiger partial charge in [0.15, 0.2) is 5.78 Å². The van der Waals surface area contributed by atoms with Crippen LogP contribution in [0.5, 0.6) is 0 Å². The van der Waals surface area contributed by atoms with Crippen molar-refractivity contribution in [1.29, 1.82) is 0 Å². The lowest BCUT2D eigenvalue weighted by Crippen LogP contribution is -2.46. The van der Waals surface area contributed by atoms with E-state index >= 15 is 0 Å². The lowest BCUT2D eigenvalue weighted by molar-refractivity contribution is -0.266. The molecule has 2 rings (SSSR count). The van der Waals surface area contributed by atoms with Crippen molar-refractivity contribution in [3.05, 3.63) is 35.4 Å². The zero-order valence-corrected chi connectivity index (χ0v) is 11.0. The van der Waals surface area contributed by atoms with Crippen molar-refractivity contribution in [2.75, 3.05) is 13.1 Å². The maximum atomic E-state index is 12.4. The highest BCUT2D eigenvalue weighted by Crippen LogP contribution is 2.30. The molecule has 1 fully saturated rings. The highest BCUT2D eigenvalue weighted by Gasteiger charge is 2.31. The van der Waals surface area contributed by atoms with Crippen LogP contribution in [-0.2, 0) is 6.18 Å². The summed E-state index contributed by atoms with van der Waals surface area (Å²) in [6, 6.07) is 4.08. The van der Waals surface area contributed by atoms with E-state index in [4.69, 9.17) is 0 Å². The van der Waals surface area contributed by atoms with Crippen LogP contribution in [0.4, 0.5) is 18.0 Å². The Kier molecular flexibility index (Phi) is 4.20. The number of halogens is 3. The number of carbonyl (C=O) groups is 2. The first kappa shape index (κ1) is 15.3. The van der Waals surface area contributed by atoms with Gasteiger partial charge in [0.05, 0.1) is 5.56 Å². The van der Waals surface area contributed by atoms with Crippen LogP contribution in [0.15, 0.2) is 24.3 Å². The number of Topliss-reactive ketones (excluding diaryl/α,β-unsaturated/α-hetero) is 1. The molecule has 1 aliphatic rings. The van der Waals surface area contributed by atoms with Crippen LogP contribution < -0.4 is 5.11 Å². The van der Waals surface area contributed by atoms with Crippen LogP contribution in [-0.4, -0.2) is 29.9 Å². The fourth-order valence-corrected chi connectivity index (χ4v) is 2.38. The number of hydrogen-bond acceptors (Lipinski definition) is 3. The third-order valence-electron chi connectivity index (χ3n) is 3.62. The summed E-state index contributed by atoms with van der Waals surface area (Å²) in [6.07, 6.45) is -4.99. The van der Waals surface area contributed by atoms with E-state index < -0.39 is 17.8 Å². The first-order valence-corrected chi connectivity index (χ1v) is 6.46. The average Bonchev–Trinajstić information content (AvgIpc) is 2.46. The van der Waals surface area contributed by atoms with Crippen molar-refractivity contribution in [2.45, 2.75) is 19.0 Å². The standard InChI is InChI=1S/C14H14F3NO3/c15-14(16,17)11-3-1-9(2-4-11)12(19)10-5-7-18(8-6-10)13(20)21/h1-4,10H,5-8H2,(H,20,21)/p-1. The largest absolute Gasteiger partial charge is 0.530 e. The highest BCUT2D eigenvalue weighted by molar-refractivity contribution is 5.98. The predicted molar refractivity (Wildman–Crippen MR) is 65.5 cm³/mol. The summed E-state index contributed by atoms with van der Waals surface area (Å²) in [7, 11) is 0. The Balaban J connectivity index is 2.03. The molecule has 21 heavy (non-hydrogen) atoms. The Bertz CT molecular complexity index is 531. The lowest BCUT2D eigenvalue weighted by atomic mass is 9.89. The maximum Gasteiger partial charge on any atom is 0.416 e. The Morgan fingerprint density at radius 3 is 2.05 bits per heavy atom. The molecule has 0 unspecified atom stereocenters. The van der Waals surface area contributed by atoms with E-state index in [1.54, 1.807) is 0 Å². The second-order valence-electron chi connectivity index (χ2n) is 4.97. The molecule has 0 saturated carbocycles. The number of amides is 1. The number of likely N-dealkylation sites (tertiary alicyclic amines) is 1. The zero-order valence-electron chi connectivity index (χ0n) is 11.0. The van der Waals surface area contributed by atoms with Gasteiger partial charge in [-0.15, -0.1) is 0 Å². The molecule has 1 heterocycles. The van der Waals surface area contributed by atoms with E-state index in [0.717, 1.165) is 29.2 Å². The van der Waals surface area contributed by atoms with Crippen molar-refractivity contribution < 1.29 is 27.9 Å². The molecule has 114 valence electrons. The van der Waals surface area contributed by atoms with Gasteiger partial charge < -0.3 is 14.8 Å². The summed E-state index contributed by atoms with van der Waals surface area (Å²) in [6.45, 7) is 0.415. The van der Waals surface area contributed by atoms with Gasteiger partial charge >= 0.3 is 6.18 Å². The summed E-state index contributed by atoms with van der Waals surface area (Å²) < 4.78 is 37.3. The molecule has 0 N–H and O–H groups in total. The number of carboxylic acid groups (broad SMARTS) is 1. The third-order valence-corrected chi connectivity index (χ3v) is 3.62. The normalized spacial score (nSPS) is 16.8. The number of nitrogens with zero attached hydrogens (tertiary/aromatic N) is 1. The zero-order chi connectivity index (χ0) is 15.6. The van der Waals surface area contributed by atoms with Gasteiger partial charge in [-0.1, -0.05) is 12.1 Å². The molecule has 1 aromatic carbocycles. The summed E-state index contributed by atoms with van der Waals surface area (Å²) in [5, 5.41) is 10.7. The van der Waals surface area contributed by atoms with Gasteiger partial charge in [-0.05, 0) is 25.0 Å². The first-order valence-electron chi connectivity index (χ1n) is 6.46. The minimum Gasteiger partial charge on any atom is -0.530 e. The Morgan fingerprint density at radius 1 is 1.10 bits per heavy atom. The Hall–Kier alpha value is -2.05. The fourth-order valence-electron chi connectivity index (χ4n) is 2.38. The lowest BCUT2D eigenvalue weighted by Gasteiger charge is -2.33. The smallest absolute Gasteiger partial charge is 0.416 e. The number of ketones is 1. The van der Waals surface area contributed by atoms with Crippen molar-refractivity contribution in [3.63, 3.8) is 0 Å². The van der Waals surface area contributed by atoms with Crippen LogP contribution in [0, 0.1) is 5.92 Å². The summed E-state index contributed by atoms with van der Waals surface area (Å²) in [4.78, 5) is 24.0. The minimum atomic E-state index is -4.43. The third kappa shape index (κ3) is 3.53. The molecular formula is C14H13F3NO3-. The van der Waals surface area contributed by atoms with Crippen molar-refractivity contribution in [2.24, 2.45) is 5.92 Å². The topological polar surface area (TPSA) is 60.4 Å². The molecule has 0 aliphatic carbocycles. The molecule has 0 aromatic heterocycles. The van der Waals surface area contributed by atoms with E-state index in [2.05, 4.69) is 0 Å². The first-order chi connectivity index (χ1) is 9.79. The number of carbonyl (C=O) groups excluding carboxylic acids is 2. The van der Waals surface area contributed by atoms with Gasteiger partial charge in [-0.3, -0.25) is 4.79 Å². The second-order valence-corrected chi connectivity index (χ2v) is 4.97. The van der Waals surface area contributed by atoms with Crippen molar-refractivity contribution in [1.82, 2.24) is 4.90 Å². The quantitative estimate of drug-likeness (QED) is 0.784. The van der Waals surface area contributed by atoms with Gasteiger partial charge in [-0.25, -0.2) is 0 Å². The van der Waals surface area contributed by atoms with Crippen molar-refractivity contribution in [3.8, 4) is 0 Å². The number of piperidine rings is 1. The summed E-state index contributed by atoms with van der Waals surface area (Å²) in [5.41, 5.74) is -0.583. The molecule has 1 aromatic rings. The molecule has 4 nitrogen and oxygen atoms in total. The number of benzene rings is 1. The van der Waals surface area contributed by atoms with Crippen LogP contribution in [0.2, 0.25) is 0 Å². The molecule has 1 saturated heterocycles.